The van der Waals surface area contributed by atoms with E-state index in [1.165, 1.54) is 18.4 Å². The molecule has 1 aromatic rings. The van der Waals surface area contributed by atoms with Crippen LogP contribution >= 0.6 is 0 Å². The van der Waals surface area contributed by atoms with Gasteiger partial charge in [0, 0.05) is 6.54 Å². The van der Waals surface area contributed by atoms with Crippen molar-refractivity contribution in [2.24, 2.45) is 0 Å². The van der Waals surface area contributed by atoms with Crippen LogP contribution in [0.3, 0.4) is 0 Å². The zero-order valence-electron chi connectivity index (χ0n) is 9.42. The Labute approximate surface area is 95.8 Å². The van der Waals surface area contributed by atoms with Crippen molar-refractivity contribution in [3.05, 3.63) is 29.8 Å². The fourth-order valence-corrected chi connectivity index (χ4v) is 2.15. The fourth-order valence-electron chi connectivity index (χ4n) is 2.15. The van der Waals surface area contributed by atoms with E-state index in [9.17, 15) is 4.39 Å². The van der Waals surface area contributed by atoms with E-state index in [1.807, 2.05) is 18.2 Å². The van der Waals surface area contributed by atoms with Gasteiger partial charge in [-0.1, -0.05) is 12.1 Å². The van der Waals surface area contributed by atoms with E-state index in [1.54, 1.807) is 0 Å². The third kappa shape index (κ3) is 2.95. The van der Waals surface area contributed by atoms with Gasteiger partial charge >= 0.3 is 0 Å². The number of hydrogen-bond acceptors (Lipinski definition) is 2. The van der Waals surface area contributed by atoms with Gasteiger partial charge in [0.05, 0.1) is 0 Å². The SMILES string of the molecule is FCCOc1cccc(C2CCCNC2)c1. The van der Waals surface area contributed by atoms with Gasteiger partial charge < -0.3 is 10.1 Å². The first-order chi connectivity index (χ1) is 7.90. The van der Waals surface area contributed by atoms with Gasteiger partial charge in [-0.15, -0.1) is 0 Å². The highest BCUT2D eigenvalue weighted by Crippen LogP contribution is 2.26. The largest absolute Gasteiger partial charge is 0.491 e. The summed E-state index contributed by atoms with van der Waals surface area (Å²) in [5, 5.41) is 3.40. The second-order valence-electron chi connectivity index (χ2n) is 4.15. The van der Waals surface area contributed by atoms with Crippen LogP contribution in [-0.2, 0) is 0 Å². The molecule has 1 atom stereocenters. The molecule has 3 heteroatoms. The summed E-state index contributed by atoms with van der Waals surface area (Å²) in [5.74, 6) is 1.35. The zero-order valence-corrected chi connectivity index (χ0v) is 9.42. The van der Waals surface area contributed by atoms with Crippen LogP contribution in [0.5, 0.6) is 5.75 Å². The number of halogens is 1. The smallest absolute Gasteiger partial charge is 0.123 e. The maximum absolute atomic E-state index is 12.0. The van der Waals surface area contributed by atoms with Crippen molar-refractivity contribution in [3.8, 4) is 5.75 Å². The number of rotatable bonds is 4. The molecule has 1 N–H and O–H groups in total. The van der Waals surface area contributed by atoms with E-state index in [0.29, 0.717) is 5.92 Å². The van der Waals surface area contributed by atoms with Gasteiger partial charge in [-0.25, -0.2) is 4.39 Å². The van der Waals surface area contributed by atoms with Gasteiger partial charge in [0.1, 0.15) is 19.0 Å². The Morgan fingerprint density at radius 3 is 3.12 bits per heavy atom. The molecule has 0 aliphatic carbocycles. The maximum Gasteiger partial charge on any atom is 0.123 e. The van der Waals surface area contributed by atoms with Gasteiger partial charge in [-0.05, 0) is 43.0 Å². The summed E-state index contributed by atoms with van der Waals surface area (Å²) < 4.78 is 17.3. The molecule has 1 aromatic carbocycles. The first-order valence-electron chi connectivity index (χ1n) is 5.89. The van der Waals surface area contributed by atoms with Crippen molar-refractivity contribution < 1.29 is 9.13 Å². The molecule has 1 fully saturated rings. The monoisotopic (exact) mass is 223 g/mol. The number of alkyl halides is 1. The van der Waals surface area contributed by atoms with E-state index in [4.69, 9.17) is 4.74 Å². The third-order valence-electron chi connectivity index (χ3n) is 2.97. The van der Waals surface area contributed by atoms with Crippen LogP contribution in [0.15, 0.2) is 24.3 Å². The molecular formula is C13H18FNO. The average Bonchev–Trinajstić information content (AvgIpc) is 2.38. The molecule has 88 valence electrons. The summed E-state index contributed by atoms with van der Waals surface area (Å²) in [4.78, 5) is 0. The van der Waals surface area contributed by atoms with Crippen LogP contribution in [0.4, 0.5) is 4.39 Å². The highest BCUT2D eigenvalue weighted by Gasteiger charge is 2.15. The van der Waals surface area contributed by atoms with Gasteiger partial charge in [0.2, 0.25) is 0 Å². The molecular weight excluding hydrogens is 205 g/mol. The maximum atomic E-state index is 12.0. The summed E-state index contributed by atoms with van der Waals surface area (Å²) in [6.07, 6.45) is 2.44. The van der Waals surface area contributed by atoms with Crippen molar-refractivity contribution in [2.75, 3.05) is 26.4 Å². The first kappa shape index (κ1) is 11.4. The first-order valence-corrected chi connectivity index (χ1v) is 5.89. The predicted octanol–water partition coefficient (Wildman–Crippen LogP) is 2.50. The Bertz CT molecular complexity index is 323. The molecule has 0 spiro atoms. The molecule has 1 heterocycles. The molecule has 1 aliphatic heterocycles. The second-order valence-corrected chi connectivity index (χ2v) is 4.15. The van der Waals surface area contributed by atoms with Crippen LogP contribution in [-0.4, -0.2) is 26.4 Å². The lowest BCUT2D eigenvalue weighted by atomic mass is 9.92. The topological polar surface area (TPSA) is 21.3 Å². The van der Waals surface area contributed by atoms with Crippen molar-refractivity contribution >= 4 is 0 Å². The lowest BCUT2D eigenvalue weighted by Gasteiger charge is -2.23. The van der Waals surface area contributed by atoms with Gasteiger partial charge in [-0.3, -0.25) is 0 Å². The van der Waals surface area contributed by atoms with Crippen LogP contribution in [0.1, 0.15) is 24.3 Å². The molecule has 0 amide bonds. The van der Waals surface area contributed by atoms with Crippen molar-refractivity contribution in [1.82, 2.24) is 5.32 Å². The Morgan fingerprint density at radius 2 is 2.38 bits per heavy atom. The van der Waals surface area contributed by atoms with E-state index >= 15 is 0 Å². The number of ether oxygens (including phenoxy) is 1. The standard InChI is InChI=1S/C13H18FNO/c14-6-8-16-13-5-1-3-11(9-13)12-4-2-7-15-10-12/h1,3,5,9,12,15H,2,4,6-8,10H2. The minimum absolute atomic E-state index is 0.145. The highest BCUT2D eigenvalue weighted by molar-refractivity contribution is 5.31. The molecule has 2 rings (SSSR count). The summed E-state index contributed by atoms with van der Waals surface area (Å²) >= 11 is 0. The lowest BCUT2D eigenvalue weighted by molar-refractivity contribution is 0.273. The molecule has 1 aliphatic rings. The molecule has 1 saturated heterocycles. The van der Waals surface area contributed by atoms with Crippen LogP contribution in [0, 0.1) is 0 Å². The third-order valence-corrected chi connectivity index (χ3v) is 2.97. The van der Waals surface area contributed by atoms with Crippen molar-refractivity contribution in [1.29, 1.82) is 0 Å². The van der Waals surface area contributed by atoms with Crippen molar-refractivity contribution in [2.45, 2.75) is 18.8 Å². The van der Waals surface area contributed by atoms with E-state index in [2.05, 4.69) is 11.4 Å². The zero-order chi connectivity index (χ0) is 11.2. The molecule has 0 saturated carbocycles. The normalized spacial score (nSPS) is 20.7. The molecule has 1 unspecified atom stereocenters. The van der Waals surface area contributed by atoms with Gasteiger partial charge in [0.15, 0.2) is 0 Å². The summed E-state index contributed by atoms with van der Waals surface area (Å²) in [6.45, 7) is 1.86. The quantitative estimate of drug-likeness (QED) is 0.846. The predicted molar refractivity (Wildman–Crippen MR) is 62.8 cm³/mol. The van der Waals surface area contributed by atoms with Crippen LogP contribution in [0.25, 0.3) is 0 Å². The Hall–Kier alpha value is -1.09. The fraction of sp³-hybridized carbons (Fsp3) is 0.538. The molecule has 0 aromatic heterocycles. The minimum Gasteiger partial charge on any atom is -0.491 e. The van der Waals surface area contributed by atoms with E-state index < -0.39 is 6.67 Å². The molecule has 0 radical (unpaired) electrons. The number of benzene rings is 1. The average molecular weight is 223 g/mol. The second kappa shape index (κ2) is 5.85. The molecule has 0 bridgehead atoms. The Balaban J connectivity index is 2.02. The van der Waals surface area contributed by atoms with Gasteiger partial charge in [-0.2, -0.15) is 0 Å². The number of hydrogen-bond donors (Lipinski definition) is 1. The van der Waals surface area contributed by atoms with E-state index in [-0.39, 0.29) is 6.61 Å². The lowest BCUT2D eigenvalue weighted by Crippen LogP contribution is -2.28. The Kier molecular flexibility index (Phi) is 4.17. The summed E-state index contributed by atoms with van der Waals surface area (Å²) in [7, 11) is 0. The van der Waals surface area contributed by atoms with Crippen LogP contribution in [0.2, 0.25) is 0 Å². The van der Waals surface area contributed by atoms with E-state index in [0.717, 1.165) is 18.8 Å². The van der Waals surface area contributed by atoms with Crippen LogP contribution < -0.4 is 10.1 Å². The number of nitrogens with one attached hydrogen (secondary N) is 1. The summed E-state index contributed by atoms with van der Waals surface area (Å²) in [6, 6.07) is 8.03. The number of piperidine rings is 1. The van der Waals surface area contributed by atoms with Gasteiger partial charge in [0.25, 0.3) is 0 Å². The Morgan fingerprint density at radius 1 is 1.44 bits per heavy atom. The highest BCUT2D eigenvalue weighted by atomic mass is 19.1. The molecule has 16 heavy (non-hydrogen) atoms. The summed E-state index contributed by atoms with van der Waals surface area (Å²) in [5.41, 5.74) is 1.29. The molecule has 2 nitrogen and oxygen atoms in total. The minimum atomic E-state index is -0.435. The van der Waals surface area contributed by atoms with Crippen molar-refractivity contribution in [3.63, 3.8) is 0 Å².